The fourth-order valence-electron chi connectivity index (χ4n) is 3.68. The number of phenolic OH excluding ortho intramolecular Hbond substituents is 2. The minimum Gasteiger partial charge on any atom is -0.508 e. The average Bonchev–Trinajstić information content (AvgIpc) is 2.84. The summed E-state index contributed by atoms with van der Waals surface area (Å²) in [5.41, 5.74) is 4.90. The molecule has 0 spiro atoms. The Bertz CT molecular complexity index is 1100. The van der Waals surface area contributed by atoms with Crippen LogP contribution in [0.4, 0.5) is 4.79 Å². The number of hydrogen-bond donors (Lipinski definition) is 2. The van der Waals surface area contributed by atoms with Gasteiger partial charge in [-0.25, -0.2) is 4.79 Å². The van der Waals surface area contributed by atoms with Crippen LogP contribution in [0, 0.1) is 0 Å². The Morgan fingerprint density at radius 3 is 1.65 bits per heavy atom. The van der Waals surface area contributed by atoms with Crippen molar-refractivity contribution < 1.29 is 19.7 Å². The minimum absolute atomic E-state index is 0.187. The molecule has 0 radical (unpaired) electrons. The molecule has 0 aliphatic heterocycles. The molecule has 0 aliphatic rings. The van der Waals surface area contributed by atoms with Crippen LogP contribution in [0.15, 0.2) is 72.8 Å². The molecule has 0 heterocycles. The molecular weight excluding hydrogens is 473 g/mol. The molecule has 0 atom stereocenters. The summed E-state index contributed by atoms with van der Waals surface area (Å²) >= 11 is 11.6. The van der Waals surface area contributed by atoms with E-state index < -0.39 is 6.09 Å². The van der Waals surface area contributed by atoms with E-state index in [1.54, 1.807) is 36.4 Å². The molecule has 0 aliphatic carbocycles. The lowest BCUT2D eigenvalue weighted by molar-refractivity contribution is 0.158. The van der Waals surface area contributed by atoms with Gasteiger partial charge in [0.15, 0.2) is 0 Å². The monoisotopic (exact) mass is 499 g/mol. The summed E-state index contributed by atoms with van der Waals surface area (Å²) in [4.78, 5) is 13.9. The number of allylic oxidation sites excluding steroid dienone is 1. The van der Waals surface area contributed by atoms with Crippen molar-refractivity contribution in [2.45, 2.75) is 13.3 Å². The van der Waals surface area contributed by atoms with Gasteiger partial charge in [0.05, 0.1) is 0 Å². The van der Waals surface area contributed by atoms with E-state index in [0.717, 1.165) is 34.3 Å². The SMILES string of the molecule is CCC(=C(c1ccc(O)cc1)c1ccc(OC(=O)N(CCCl)CCCl)cc1)c1ccc(O)cc1. The van der Waals surface area contributed by atoms with Gasteiger partial charge in [0.1, 0.15) is 17.2 Å². The molecule has 0 saturated carbocycles. The molecule has 2 N–H and O–H groups in total. The molecule has 3 aromatic carbocycles. The highest BCUT2D eigenvalue weighted by molar-refractivity contribution is 6.18. The van der Waals surface area contributed by atoms with Crippen molar-refractivity contribution in [3.05, 3.63) is 89.5 Å². The molecule has 5 nitrogen and oxygen atoms in total. The van der Waals surface area contributed by atoms with Crippen LogP contribution in [0.25, 0.3) is 11.1 Å². The molecule has 3 rings (SSSR count). The first-order chi connectivity index (χ1) is 16.5. The lowest BCUT2D eigenvalue weighted by atomic mass is 9.88. The van der Waals surface area contributed by atoms with E-state index in [1.165, 1.54) is 4.90 Å². The number of benzene rings is 3. The van der Waals surface area contributed by atoms with Crippen molar-refractivity contribution in [3.8, 4) is 17.2 Å². The smallest absolute Gasteiger partial charge is 0.415 e. The largest absolute Gasteiger partial charge is 0.508 e. The topological polar surface area (TPSA) is 70.0 Å². The van der Waals surface area contributed by atoms with Gasteiger partial charge in [-0.2, -0.15) is 0 Å². The predicted octanol–water partition coefficient (Wildman–Crippen LogP) is 6.75. The molecule has 0 unspecified atom stereocenters. The van der Waals surface area contributed by atoms with Gasteiger partial charge in [-0.05, 0) is 70.7 Å². The fourth-order valence-corrected chi connectivity index (χ4v) is 4.09. The second-order valence-corrected chi connectivity index (χ2v) is 8.31. The van der Waals surface area contributed by atoms with Crippen LogP contribution in [0.2, 0.25) is 0 Å². The van der Waals surface area contributed by atoms with E-state index >= 15 is 0 Å². The van der Waals surface area contributed by atoms with E-state index in [-0.39, 0.29) is 11.5 Å². The third kappa shape index (κ3) is 6.46. The predicted molar refractivity (Wildman–Crippen MR) is 138 cm³/mol. The number of amides is 1. The third-order valence-corrected chi connectivity index (χ3v) is 5.68. The van der Waals surface area contributed by atoms with Crippen LogP contribution in [0.5, 0.6) is 17.2 Å². The lowest BCUT2D eigenvalue weighted by Gasteiger charge is -2.20. The van der Waals surface area contributed by atoms with Crippen molar-refractivity contribution >= 4 is 40.4 Å². The Morgan fingerprint density at radius 1 is 0.765 bits per heavy atom. The average molecular weight is 500 g/mol. The summed E-state index contributed by atoms with van der Waals surface area (Å²) in [6.07, 6.45) is 0.241. The number of nitrogens with zero attached hydrogens (tertiary/aromatic N) is 1. The van der Waals surface area contributed by atoms with Crippen LogP contribution in [0.3, 0.4) is 0 Å². The number of carbonyl (C=O) groups is 1. The number of ether oxygens (including phenoxy) is 1. The van der Waals surface area contributed by atoms with Crippen LogP contribution >= 0.6 is 23.2 Å². The van der Waals surface area contributed by atoms with Crippen molar-refractivity contribution in [2.75, 3.05) is 24.8 Å². The number of aromatic hydroxyl groups is 2. The first-order valence-corrected chi connectivity index (χ1v) is 12.0. The van der Waals surface area contributed by atoms with Crippen LogP contribution in [-0.2, 0) is 0 Å². The van der Waals surface area contributed by atoms with Gasteiger partial charge in [0, 0.05) is 24.8 Å². The Hall–Kier alpha value is -3.15. The second-order valence-electron chi connectivity index (χ2n) is 7.56. The van der Waals surface area contributed by atoms with E-state index in [1.807, 2.05) is 36.4 Å². The quantitative estimate of drug-likeness (QED) is 0.252. The highest BCUT2D eigenvalue weighted by Gasteiger charge is 2.17. The number of alkyl halides is 2. The summed E-state index contributed by atoms with van der Waals surface area (Å²) in [5.74, 6) is 1.39. The summed E-state index contributed by atoms with van der Waals surface area (Å²) in [6.45, 7) is 2.78. The highest BCUT2D eigenvalue weighted by atomic mass is 35.5. The number of hydrogen-bond acceptors (Lipinski definition) is 4. The van der Waals surface area contributed by atoms with Crippen LogP contribution in [-0.4, -0.2) is 46.1 Å². The van der Waals surface area contributed by atoms with Gasteiger partial charge in [0.2, 0.25) is 0 Å². The molecule has 0 bridgehead atoms. The number of rotatable bonds is 9. The van der Waals surface area contributed by atoms with E-state index in [0.29, 0.717) is 30.6 Å². The summed E-state index contributed by atoms with van der Waals surface area (Å²) in [7, 11) is 0. The van der Waals surface area contributed by atoms with Crippen LogP contribution in [0.1, 0.15) is 30.0 Å². The fraction of sp³-hybridized carbons (Fsp3) is 0.222. The van der Waals surface area contributed by atoms with Gasteiger partial charge in [0.25, 0.3) is 0 Å². The first kappa shape index (κ1) is 25.5. The molecular formula is C27H27Cl2NO4. The van der Waals surface area contributed by atoms with Crippen molar-refractivity contribution in [3.63, 3.8) is 0 Å². The molecule has 34 heavy (non-hydrogen) atoms. The van der Waals surface area contributed by atoms with E-state index in [9.17, 15) is 15.0 Å². The van der Waals surface area contributed by atoms with Crippen molar-refractivity contribution in [2.24, 2.45) is 0 Å². The second kappa shape index (κ2) is 12.4. The lowest BCUT2D eigenvalue weighted by Crippen LogP contribution is -2.36. The maximum Gasteiger partial charge on any atom is 0.415 e. The molecule has 0 aromatic heterocycles. The Labute approximate surface area is 209 Å². The molecule has 1 amide bonds. The normalized spacial score (nSPS) is 11.6. The van der Waals surface area contributed by atoms with E-state index in [2.05, 4.69) is 6.92 Å². The van der Waals surface area contributed by atoms with Gasteiger partial charge >= 0.3 is 6.09 Å². The minimum atomic E-state index is -0.498. The van der Waals surface area contributed by atoms with Crippen molar-refractivity contribution in [1.29, 1.82) is 0 Å². The molecule has 0 saturated heterocycles. The maximum atomic E-state index is 12.5. The number of carbonyl (C=O) groups excluding carboxylic acids is 1. The van der Waals surface area contributed by atoms with Crippen LogP contribution < -0.4 is 4.74 Å². The van der Waals surface area contributed by atoms with Crippen molar-refractivity contribution in [1.82, 2.24) is 4.90 Å². The Kier molecular flexibility index (Phi) is 9.25. The van der Waals surface area contributed by atoms with Gasteiger partial charge < -0.3 is 19.8 Å². The van der Waals surface area contributed by atoms with Gasteiger partial charge in [-0.15, -0.1) is 23.2 Å². The zero-order valence-corrected chi connectivity index (χ0v) is 20.4. The summed E-state index contributed by atoms with van der Waals surface area (Å²) in [5, 5.41) is 19.5. The summed E-state index contributed by atoms with van der Waals surface area (Å²) in [6, 6.07) is 21.4. The highest BCUT2D eigenvalue weighted by Crippen LogP contribution is 2.36. The molecule has 7 heteroatoms. The number of phenols is 2. The zero-order chi connectivity index (χ0) is 24.5. The van der Waals surface area contributed by atoms with Gasteiger partial charge in [-0.3, -0.25) is 0 Å². The molecule has 0 fully saturated rings. The first-order valence-electron chi connectivity index (χ1n) is 11.0. The van der Waals surface area contributed by atoms with E-state index in [4.69, 9.17) is 27.9 Å². The standard InChI is InChI=1S/C27H27Cl2NO4/c1-2-25(19-3-9-22(31)10-4-19)26(20-5-11-23(32)12-6-20)21-7-13-24(14-8-21)34-27(33)30(17-15-28)18-16-29/h3-14,31-32H,2,15-18H2,1H3. The molecule has 178 valence electrons. The molecule has 3 aromatic rings. The summed E-state index contributed by atoms with van der Waals surface area (Å²) < 4.78 is 5.52. The number of halogens is 2. The maximum absolute atomic E-state index is 12.5. The Balaban J connectivity index is 1.99. The van der Waals surface area contributed by atoms with Gasteiger partial charge in [-0.1, -0.05) is 43.3 Å². The third-order valence-electron chi connectivity index (χ3n) is 5.34. The Morgan fingerprint density at radius 2 is 1.21 bits per heavy atom. The zero-order valence-electron chi connectivity index (χ0n) is 18.9.